The first-order chi connectivity index (χ1) is 10.6. The summed E-state index contributed by atoms with van der Waals surface area (Å²) in [5, 5.41) is 3.28. The number of methoxy groups -OCH3 is 1. The topological polar surface area (TPSA) is 47.6 Å². The van der Waals surface area contributed by atoms with Crippen molar-refractivity contribution in [2.45, 2.75) is 19.4 Å². The molecule has 0 spiro atoms. The van der Waals surface area contributed by atoms with E-state index in [4.69, 9.17) is 21.1 Å². The number of benzene rings is 2. The minimum absolute atomic E-state index is 0.238. The maximum absolute atomic E-state index is 12.3. The fourth-order valence-electron chi connectivity index (χ4n) is 1.94. The average Bonchev–Trinajstić information content (AvgIpc) is 2.54. The number of halogens is 1. The minimum Gasteiger partial charge on any atom is -0.497 e. The predicted octanol–water partition coefficient (Wildman–Crippen LogP) is 4.14. The Labute approximate surface area is 135 Å². The number of nitrogens with one attached hydrogen (secondary N) is 1. The van der Waals surface area contributed by atoms with Crippen LogP contribution in [0.25, 0.3) is 0 Å². The lowest BCUT2D eigenvalue weighted by atomic mass is 10.2. The highest BCUT2D eigenvalue weighted by molar-refractivity contribution is 6.33. The van der Waals surface area contributed by atoms with Crippen molar-refractivity contribution in [1.82, 2.24) is 0 Å². The molecule has 1 atom stereocenters. The van der Waals surface area contributed by atoms with Gasteiger partial charge in [-0.05, 0) is 30.7 Å². The van der Waals surface area contributed by atoms with Crippen molar-refractivity contribution >= 4 is 23.2 Å². The van der Waals surface area contributed by atoms with E-state index >= 15 is 0 Å². The SMILES string of the molecule is CCC(Oc1cccc(OC)c1)C(=O)Nc1ccccc1Cl. The predicted molar refractivity (Wildman–Crippen MR) is 87.8 cm³/mol. The third kappa shape index (κ3) is 4.15. The number of para-hydroxylation sites is 1. The molecule has 0 bridgehead atoms. The van der Waals surface area contributed by atoms with Crippen molar-refractivity contribution in [2.24, 2.45) is 0 Å². The van der Waals surface area contributed by atoms with Gasteiger partial charge in [-0.15, -0.1) is 0 Å². The van der Waals surface area contributed by atoms with Gasteiger partial charge in [0.15, 0.2) is 6.10 Å². The molecule has 116 valence electrons. The maximum atomic E-state index is 12.3. The molecular weight excluding hydrogens is 302 g/mol. The number of hydrogen-bond donors (Lipinski definition) is 1. The van der Waals surface area contributed by atoms with E-state index in [1.165, 1.54) is 0 Å². The lowest BCUT2D eigenvalue weighted by molar-refractivity contribution is -0.122. The molecule has 0 saturated heterocycles. The molecular formula is C17H18ClNO3. The summed E-state index contributed by atoms with van der Waals surface area (Å²) in [6, 6.07) is 14.2. The summed E-state index contributed by atoms with van der Waals surface area (Å²) in [6.07, 6.45) is -0.0728. The molecule has 1 unspecified atom stereocenters. The number of hydrogen-bond acceptors (Lipinski definition) is 3. The largest absolute Gasteiger partial charge is 0.497 e. The van der Waals surface area contributed by atoms with Crippen LogP contribution >= 0.6 is 11.6 Å². The van der Waals surface area contributed by atoms with Crippen molar-refractivity contribution in [3.8, 4) is 11.5 Å². The summed E-state index contributed by atoms with van der Waals surface area (Å²) in [5.74, 6) is 1.03. The van der Waals surface area contributed by atoms with Crippen LogP contribution in [0.5, 0.6) is 11.5 Å². The molecule has 0 heterocycles. The first-order valence-corrected chi connectivity index (χ1v) is 7.38. The van der Waals surface area contributed by atoms with Gasteiger partial charge in [0.1, 0.15) is 11.5 Å². The van der Waals surface area contributed by atoms with Crippen molar-refractivity contribution in [2.75, 3.05) is 12.4 Å². The summed E-state index contributed by atoms with van der Waals surface area (Å²) >= 11 is 6.04. The lowest BCUT2D eigenvalue weighted by Gasteiger charge is -2.18. The van der Waals surface area contributed by atoms with E-state index in [1.807, 2.05) is 31.2 Å². The van der Waals surface area contributed by atoms with E-state index in [2.05, 4.69) is 5.32 Å². The van der Waals surface area contributed by atoms with Crippen molar-refractivity contribution < 1.29 is 14.3 Å². The highest BCUT2D eigenvalue weighted by atomic mass is 35.5. The number of rotatable bonds is 6. The first kappa shape index (κ1) is 16.2. The van der Waals surface area contributed by atoms with E-state index in [-0.39, 0.29) is 5.91 Å². The monoisotopic (exact) mass is 319 g/mol. The normalized spacial score (nSPS) is 11.6. The van der Waals surface area contributed by atoms with Crippen LogP contribution in [-0.4, -0.2) is 19.1 Å². The summed E-state index contributed by atoms with van der Waals surface area (Å²) in [4.78, 5) is 12.3. The van der Waals surface area contributed by atoms with Gasteiger partial charge < -0.3 is 14.8 Å². The zero-order chi connectivity index (χ0) is 15.9. The van der Waals surface area contributed by atoms with E-state index in [0.29, 0.717) is 28.6 Å². The van der Waals surface area contributed by atoms with E-state index in [1.54, 1.807) is 31.4 Å². The summed E-state index contributed by atoms with van der Waals surface area (Å²) in [7, 11) is 1.58. The molecule has 0 aliphatic heterocycles. The smallest absolute Gasteiger partial charge is 0.265 e. The zero-order valence-electron chi connectivity index (χ0n) is 12.5. The second kappa shape index (κ2) is 7.71. The van der Waals surface area contributed by atoms with Gasteiger partial charge in [-0.1, -0.05) is 36.7 Å². The molecule has 5 heteroatoms. The van der Waals surface area contributed by atoms with Crippen LogP contribution in [0.3, 0.4) is 0 Å². The van der Waals surface area contributed by atoms with Gasteiger partial charge in [0, 0.05) is 6.07 Å². The molecule has 2 aromatic carbocycles. The molecule has 0 radical (unpaired) electrons. The second-order valence-corrected chi connectivity index (χ2v) is 5.07. The molecule has 1 amide bonds. The van der Waals surface area contributed by atoms with Crippen LogP contribution in [-0.2, 0) is 4.79 Å². The highest BCUT2D eigenvalue weighted by Crippen LogP contribution is 2.23. The third-order valence-electron chi connectivity index (χ3n) is 3.11. The fourth-order valence-corrected chi connectivity index (χ4v) is 2.12. The number of carbonyl (C=O) groups is 1. The third-order valence-corrected chi connectivity index (χ3v) is 3.44. The van der Waals surface area contributed by atoms with E-state index < -0.39 is 6.10 Å². The molecule has 2 rings (SSSR count). The number of anilines is 1. The summed E-state index contributed by atoms with van der Waals surface area (Å²) in [6.45, 7) is 1.89. The van der Waals surface area contributed by atoms with Gasteiger partial charge in [-0.3, -0.25) is 4.79 Å². The Bertz CT molecular complexity index is 645. The Balaban J connectivity index is 2.07. The molecule has 0 aliphatic carbocycles. The van der Waals surface area contributed by atoms with Crippen molar-refractivity contribution in [1.29, 1.82) is 0 Å². The molecule has 4 nitrogen and oxygen atoms in total. The quantitative estimate of drug-likeness (QED) is 0.870. The standard InChI is InChI=1S/C17H18ClNO3/c1-3-16(22-13-8-6-7-12(11-13)21-2)17(20)19-15-10-5-4-9-14(15)18/h4-11,16H,3H2,1-2H3,(H,19,20). The highest BCUT2D eigenvalue weighted by Gasteiger charge is 2.19. The minimum atomic E-state index is -0.608. The Morgan fingerprint density at radius 1 is 1.18 bits per heavy atom. The lowest BCUT2D eigenvalue weighted by Crippen LogP contribution is -2.32. The molecule has 2 aromatic rings. The fraction of sp³-hybridized carbons (Fsp3) is 0.235. The Morgan fingerprint density at radius 2 is 1.91 bits per heavy atom. The molecule has 0 aromatic heterocycles. The van der Waals surface area contributed by atoms with Crippen LogP contribution in [0.1, 0.15) is 13.3 Å². The van der Waals surface area contributed by atoms with Crippen LogP contribution < -0.4 is 14.8 Å². The Morgan fingerprint density at radius 3 is 2.59 bits per heavy atom. The van der Waals surface area contributed by atoms with Crippen LogP contribution in [0.2, 0.25) is 5.02 Å². The van der Waals surface area contributed by atoms with Gasteiger partial charge in [0.05, 0.1) is 17.8 Å². The Kier molecular flexibility index (Phi) is 5.67. The van der Waals surface area contributed by atoms with Gasteiger partial charge in [0.2, 0.25) is 0 Å². The number of carbonyl (C=O) groups excluding carboxylic acids is 1. The van der Waals surface area contributed by atoms with Gasteiger partial charge >= 0.3 is 0 Å². The Hall–Kier alpha value is -2.20. The number of ether oxygens (including phenoxy) is 2. The average molecular weight is 320 g/mol. The number of amides is 1. The van der Waals surface area contributed by atoms with Gasteiger partial charge in [-0.25, -0.2) is 0 Å². The van der Waals surface area contributed by atoms with Crippen molar-refractivity contribution in [3.05, 3.63) is 53.6 Å². The van der Waals surface area contributed by atoms with Gasteiger partial charge in [-0.2, -0.15) is 0 Å². The zero-order valence-corrected chi connectivity index (χ0v) is 13.3. The molecule has 22 heavy (non-hydrogen) atoms. The second-order valence-electron chi connectivity index (χ2n) is 4.66. The van der Waals surface area contributed by atoms with Crippen molar-refractivity contribution in [3.63, 3.8) is 0 Å². The molecule has 0 fully saturated rings. The summed E-state index contributed by atoms with van der Waals surface area (Å²) < 4.78 is 10.9. The van der Waals surface area contributed by atoms with E-state index in [0.717, 1.165) is 0 Å². The van der Waals surface area contributed by atoms with Crippen LogP contribution in [0.15, 0.2) is 48.5 Å². The molecule has 1 N–H and O–H groups in total. The molecule has 0 saturated carbocycles. The first-order valence-electron chi connectivity index (χ1n) is 7.00. The maximum Gasteiger partial charge on any atom is 0.265 e. The van der Waals surface area contributed by atoms with Gasteiger partial charge in [0.25, 0.3) is 5.91 Å². The van der Waals surface area contributed by atoms with Crippen LogP contribution in [0, 0.1) is 0 Å². The summed E-state index contributed by atoms with van der Waals surface area (Å²) in [5.41, 5.74) is 0.571. The molecule has 0 aliphatic rings. The van der Waals surface area contributed by atoms with Crippen LogP contribution in [0.4, 0.5) is 5.69 Å². The van der Waals surface area contributed by atoms with E-state index in [9.17, 15) is 4.79 Å².